The SMILES string of the molecule is C/C=C(\C)C(=O)O[C@H]1[C@H](OC(C)=O)[C@@]2(CO)C(CC1(C)C)C1=CCC3[C@@]4(C)CC[C@H](O[C@@H]5O[C@H](C(=O)O)[C@@H](O)[C@H](O)[C@H]5O)[C@@](C)(CO)C4CC[C@@]3(C)[C@]1(C)C[C@@H]2O. The van der Waals surface area contributed by atoms with Crippen LogP contribution < -0.4 is 0 Å². The van der Waals surface area contributed by atoms with Gasteiger partial charge in [0.05, 0.1) is 30.8 Å². The fraction of sp³-hybridized carbons (Fsp3) is 0.837. The van der Waals surface area contributed by atoms with E-state index in [1.165, 1.54) is 6.92 Å². The zero-order valence-corrected chi connectivity index (χ0v) is 34.9. The van der Waals surface area contributed by atoms with E-state index in [-0.39, 0.29) is 35.7 Å². The molecule has 0 aromatic heterocycles. The van der Waals surface area contributed by atoms with E-state index in [4.69, 9.17) is 18.9 Å². The van der Waals surface area contributed by atoms with Gasteiger partial charge in [-0.25, -0.2) is 9.59 Å². The van der Waals surface area contributed by atoms with Crippen LogP contribution in [0, 0.1) is 50.2 Å². The number of ether oxygens (including phenoxy) is 4. The van der Waals surface area contributed by atoms with Crippen molar-refractivity contribution in [2.45, 2.75) is 162 Å². The van der Waals surface area contributed by atoms with Crippen LogP contribution in [0.15, 0.2) is 23.3 Å². The molecule has 6 rings (SSSR count). The third-order valence-corrected chi connectivity index (χ3v) is 16.8. The fourth-order valence-corrected chi connectivity index (χ4v) is 13.3. The van der Waals surface area contributed by atoms with E-state index in [9.17, 15) is 50.1 Å². The van der Waals surface area contributed by atoms with E-state index in [0.717, 1.165) is 12.0 Å². The van der Waals surface area contributed by atoms with E-state index in [1.807, 2.05) is 20.8 Å². The molecule has 0 aromatic rings. The number of hydrogen-bond donors (Lipinski definition) is 7. The minimum Gasteiger partial charge on any atom is -0.479 e. The van der Waals surface area contributed by atoms with Crippen molar-refractivity contribution in [2.75, 3.05) is 13.2 Å². The van der Waals surface area contributed by atoms with Crippen LogP contribution in [0.3, 0.4) is 0 Å². The molecule has 1 heterocycles. The summed E-state index contributed by atoms with van der Waals surface area (Å²) in [5, 5.41) is 76.3. The molecule has 322 valence electrons. The lowest BCUT2D eigenvalue weighted by molar-refractivity contribution is -0.328. The molecule has 14 heteroatoms. The fourth-order valence-electron chi connectivity index (χ4n) is 13.3. The van der Waals surface area contributed by atoms with Crippen molar-refractivity contribution in [3.05, 3.63) is 23.3 Å². The number of aliphatic hydroxyl groups is 6. The van der Waals surface area contributed by atoms with Gasteiger partial charge in [-0.3, -0.25) is 4.79 Å². The van der Waals surface area contributed by atoms with Crippen molar-refractivity contribution in [1.29, 1.82) is 0 Å². The van der Waals surface area contributed by atoms with E-state index in [1.54, 1.807) is 19.9 Å². The maximum Gasteiger partial charge on any atom is 0.335 e. The number of esters is 2. The maximum atomic E-state index is 13.2. The van der Waals surface area contributed by atoms with Crippen LogP contribution in [0.4, 0.5) is 0 Å². The predicted octanol–water partition coefficient (Wildman–Crippen LogP) is 3.03. The average molecular weight is 807 g/mol. The van der Waals surface area contributed by atoms with Crippen LogP contribution >= 0.6 is 0 Å². The van der Waals surface area contributed by atoms with Crippen LogP contribution in [-0.2, 0) is 33.3 Å². The number of carboxylic acids is 1. The van der Waals surface area contributed by atoms with E-state index in [0.29, 0.717) is 37.7 Å². The summed E-state index contributed by atoms with van der Waals surface area (Å²) in [7, 11) is 0. The molecule has 4 saturated carbocycles. The molecule has 0 aromatic carbocycles. The Bertz CT molecular complexity index is 1660. The highest BCUT2D eigenvalue weighted by Crippen LogP contribution is 2.76. The highest BCUT2D eigenvalue weighted by molar-refractivity contribution is 5.87. The molecule has 0 spiro atoms. The normalized spacial score (nSPS) is 49.2. The number of rotatable bonds is 8. The van der Waals surface area contributed by atoms with Crippen LogP contribution in [0.1, 0.15) is 107 Å². The second-order valence-corrected chi connectivity index (χ2v) is 19.9. The van der Waals surface area contributed by atoms with Gasteiger partial charge in [0.15, 0.2) is 12.4 Å². The minimum absolute atomic E-state index is 0.0834. The van der Waals surface area contributed by atoms with Gasteiger partial charge in [0.25, 0.3) is 0 Å². The van der Waals surface area contributed by atoms with Crippen molar-refractivity contribution in [2.24, 2.45) is 50.2 Å². The molecular weight excluding hydrogens is 740 g/mol. The quantitative estimate of drug-likeness (QED) is 0.0810. The van der Waals surface area contributed by atoms with Crippen molar-refractivity contribution in [3.63, 3.8) is 0 Å². The monoisotopic (exact) mass is 806 g/mol. The Kier molecular flexibility index (Phi) is 11.6. The van der Waals surface area contributed by atoms with Crippen molar-refractivity contribution >= 4 is 17.9 Å². The van der Waals surface area contributed by atoms with E-state index in [2.05, 4.69) is 26.8 Å². The second kappa shape index (κ2) is 14.9. The molecule has 1 saturated heterocycles. The third-order valence-electron chi connectivity index (χ3n) is 16.8. The summed E-state index contributed by atoms with van der Waals surface area (Å²) in [6.07, 6.45) is -4.71. The Morgan fingerprint density at radius 2 is 1.53 bits per heavy atom. The summed E-state index contributed by atoms with van der Waals surface area (Å²) >= 11 is 0. The predicted molar refractivity (Wildman–Crippen MR) is 204 cm³/mol. The van der Waals surface area contributed by atoms with Crippen molar-refractivity contribution in [1.82, 2.24) is 0 Å². The summed E-state index contributed by atoms with van der Waals surface area (Å²) < 4.78 is 24.0. The Balaban J connectivity index is 1.36. The first-order chi connectivity index (χ1) is 26.4. The zero-order chi connectivity index (χ0) is 42.4. The summed E-state index contributed by atoms with van der Waals surface area (Å²) in [5.74, 6) is -3.06. The minimum atomic E-state index is -1.85. The van der Waals surface area contributed by atoms with Crippen molar-refractivity contribution in [3.8, 4) is 0 Å². The molecule has 0 amide bonds. The van der Waals surface area contributed by atoms with Gasteiger partial charge in [-0.2, -0.15) is 0 Å². The molecule has 6 aliphatic rings. The molecular formula is C43H66O14. The Hall–Kier alpha value is -2.43. The Morgan fingerprint density at radius 3 is 2.11 bits per heavy atom. The molecule has 17 atom stereocenters. The number of carbonyl (C=O) groups is 3. The molecule has 0 radical (unpaired) electrons. The largest absolute Gasteiger partial charge is 0.479 e. The van der Waals surface area contributed by atoms with Gasteiger partial charge in [-0.15, -0.1) is 0 Å². The topological polar surface area (TPSA) is 230 Å². The molecule has 0 bridgehead atoms. The lowest BCUT2D eigenvalue weighted by atomic mass is 9.33. The number of hydrogen-bond acceptors (Lipinski definition) is 13. The number of aliphatic hydroxyl groups excluding tert-OH is 6. The number of carbonyl (C=O) groups excluding carboxylic acids is 2. The van der Waals surface area contributed by atoms with Crippen LogP contribution in [-0.4, -0.2) is 122 Å². The highest BCUT2D eigenvalue weighted by atomic mass is 16.7. The lowest BCUT2D eigenvalue weighted by Gasteiger charge is -2.72. The van der Waals surface area contributed by atoms with Gasteiger partial charge in [0.1, 0.15) is 30.5 Å². The molecule has 7 N–H and O–H groups in total. The summed E-state index contributed by atoms with van der Waals surface area (Å²) in [4.78, 5) is 37.8. The number of allylic oxidation sites excluding steroid dienone is 3. The standard InChI is InChI=1S/C43H66O14/c1-10-21(2)36(53)57-33-34(54-22(3)46)43(20-45)24(17-38(33,4)5)23-11-12-26-39(6)15-14-28(55-37-31(50)29(48)30(49)32(56-37)35(51)52)40(7,19-44)25(39)13-16-41(26,8)42(23,9)18-27(43)47/h10-11,24-34,37,44-45,47-50H,12-20H2,1-9H3,(H,51,52)/b21-10+/t24?,25?,26?,27-,28-,29-,30-,31+,32-,33-,34-,37+,39-,40-,41+,42+,43-/m0/s1. The second-order valence-electron chi connectivity index (χ2n) is 19.9. The van der Waals surface area contributed by atoms with Gasteiger partial charge in [-0.1, -0.05) is 59.3 Å². The lowest BCUT2D eigenvalue weighted by Crippen LogP contribution is -2.72. The summed E-state index contributed by atoms with van der Waals surface area (Å²) in [6, 6.07) is 0. The van der Waals surface area contributed by atoms with Crippen molar-refractivity contribution < 1.29 is 69.1 Å². The summed E-state index contributed by atoms with van der Waals surface area (Å²) in [5.41, 5.74) is -2.67. The number of fused-ring (bicyclic) bond motifs is 7. The first-order valence-corrected chi connectivity index (χ1v) is 20.6. The van der Waals surface area contributed by atoms with E-state index < -0.39 is 107 Å². The first kappa shape index (κ1) is 44.1. The number of aliphatic carboxylic acids is 1. The van der Waals surface area contributed by atoms with Crippen LogP contribution in [0.25, 0.3) is 0 Å². The Labute approximate surface area is 335 Å². The molecule has 5 fully saturated rings. The maximum absolute atomic E-state index is 13.2. The van der Waals surface area contributed by atoms with E-state index >= 15 is 0 Å². The number of carboxylic acid groups (broad SMARTS) is 1. The van der Waals surface area contributed by atoms with Gasteiger partial charge in [-0.05, 0) is 92.8 Å². The smallest absolute Gasteiger partial charge is 0.335 e. The molecule has 5 aliphatic carbocycles. The Morgan fingerprint density at radius 1 is 0.860 bits per heavy atom. The highest BCUT2D eigenvalue weighted by Gasteiger charge is 2.74. The van der Waals surface area contributed by atoms with Gasteiger partial charge in [0.2, 0.25) is 0 Å². The van der Waals surface area contributed by atoms with Crippen LogP contribution in [0.2, 0.25) is 0 Å². The average Bonchev–Trinajstić information content (AvgIpc) is 3.13. The molecule has 3 unspecified atom stereocenters. The molecule has 57 heavy (non-hydrogen) atoms. The molecule has 1 aliphatic heterocycles. The van der Waals surface area contributed by atoms with Crippen LogP contribution in [0.5, 0.6) is 0 Å². The third kappa shape index (κ3) is 6.37. The zero-order valence-electron chi connectivity index (χ0n) is 34.9. The molecule has 14 nitrogen and oxygen atoms in total. The first-order valence-electron chi connectivity index (χ1n) is 20.6. The van der Waals surface area contributed by atoms with Gasteiger partial charge in [0, 0.05) is 23.3 Å². The van der Waals surface area contributed by atoms with Gasteiger partial charge >= 0.3 is 17.9 Å². The summed E-state index contributed by atoms with van der Waals surface area (Å²) in [6.45, 7) is 16.6. The van der Waals surface area contributed by atoms with Gasteiger partial charge < -0.3 is 54.7 Å².